The molecule has 2 N–H and O–H groups in total. The van der Waals surface area contributed by atoms with Gasteiger partial charge < -0.3 is 5.32 Å². The highest BCUT2D eigenvalue weighted by Crippen LogP contribution is 2.32. The van der Waals surface area contributed by atoms with Crippen LogP contribution in [0.4, 0.5) is 4.79 Å². The van der Waals surface area contributed by atoms with E-state index in [9.17, 15) is 14.4 Å². The molecule has 4 amide bonds. The van der Waals surface area contributed by atoms with Crippen molar-refractivity contribution in [3.63, 3.8) is 0 Å². The van der Waals surface area contributed by atoms with E-state index in [1.807, 2.05) is 0 Å². The van der Waals surface area contributed by atoms with E-state index in [0.717, 1.165) is 50.2 Å². The summed E-state index contributed by atoms with van der Waals surface area (Å²) in [5, 5.41) is 3.69. The largest absolute Gasteiger partial charge is 0.344 e. The first-order valence-electron chi connectivity index (χ1n) is 8.79. The summed E-state index contributed by atoms with van der Waals surface area (Å²) >= 11 is 0. The zero-order valence-corrected chi connectivity index (χ0v) is 13.6. The fraction of sp³-hybridized carbons (Fsp3) is 0.812. The Bertz CT molecular complexity index is 480. The number of imide groups is 1. The van der Waals surface area contributed by atoms with E-state index < -0.39 is 11.6 Å². The molecule has 1 spiro atoms. The lowest BCUT2D eigenvalue weighted by atomic mass is 9.82. The van der Waals surface area contributed by atoms with E-state index in [0.29, 0.717) is 12.8 Å². The van der Waals surface area contributed by atoms with Gasteiger partial charge in [-0.1, -0.05) is 32.1 Å². The average Bonchev–Trinajstić information content (AvgIpc) is 2.74. The first kappa shape index (κ1) is 16.2. The maximum Gasteiger partial charge on any atom is 0.344 e. The van der Waals surface area contributed by atoms with Gasteiger partial charge >= 0.3 is 6.03 Å². The molecule has 1 saturated carbocycles. The number of carbonyl (C=O) groups is 3. The van der Waals surface area contributed by atoms with Crippen molar-refractivity contribution in [3.8, 4) is 0 Å². The zero-order valence-electron chi connectivity index (χ0n) is 13.6. The lowest BCUT2D eigenvalue weighted by Crippen LogP contribution is -2.52. The Hall–Kier alpha value is -1.63. The molecule has 0 bridgehead atoms. The molecule has 0 radical (unpaired) electrons. The molecule has 0 aromatic carbocycles. The quantitative estimate of drug-likeness (QED) is 0.764. The van der Waals surface area contributed by atoms with Crippen LogP contribution in [0.25, 0.3) is 0 Å². The van der Waals surface area contributed by atoms with Crippen LogP contribution in [0.5, 0.6) is 0 Å². The van der Waals surface area contributed by atoms with Gasteiger partial charge in [-0.2, -0.15) is 5.01 Å². The highest BCUT2D eigenvalue weighted by atomic mass is 16.2. The van der Waals surface area contributed by atoms with Crippen LogP contribution < -0.4 is 10.7 Å². The molecule has 0 unspecified atom stereocenters. The van der Waals surface area contributed by atoms with Crippen molar-refractivity contribution in [1.82, 2.24) is 20.7 Å². The Morgan fingerprint density at radius 1 is 1.00 bits per heavy atom. The van der Waals surface area contributed by atoms with Gasteiger partial charge in [0.1, 0.15) is 5.54 Å². The van der Waals surface area contributed by atoms with Gasteiger partial charge in [-0.3, -0.25) is 19.9 Å². The number of amides is 4. The predicted molar refractivity (Wildman–Crippen MR) is 84.2 cm³/mol. The van der Waals surface area contributed by atoms with Gasteiger partial charge in [0.25, 0.3) is 11.8 Å². The predicted octanol–water partition coefficient (Wildman–Crippen LogP) is 1.15. The van der Waals surface area contributed by atoms with Gasteiger partial charge in [0.2, 0.25) is 0 Å². The third-order valence-electron chi connectivity index (χ3n) is 5.17. The van der Waals surface area contributed by atoms with Gasteiger partial charge in [0.05, 0.1) is 6.54 Å². The van der Waals surface area contributed by atoms with E-state index >= 15 is 0 Å². The third kappa shape index (κ3) is 3.49. The average molecular weight is 322 g/mol. The number of nitrogens with zero attached hydrogens (tertiary/aromatic N) is 2. The number of rotatable bonds is 3. The highest BCUT2D eigenvalue weighted by Gasteiger charge is 2.52. The number of carbonyl (C=O) groups excluding carboxylic acids is 3. The van der Waals surface area contributed by atoms with Crippen LogP contribution in [-0.2, 0) is 9.59 Å². The van der Waals surface area contributed by atoms with Crippen molar-refractivity contribution in [2.24, 2.45) is 0 Å². The topological polar surface area (TPSA) is 81.8 Å². The second kappa shape index (κ2) is 6.86. The highest BCUT2D eigenvalue weighted by molar-refractivity contribution is 6.08. The fourth-order valence-corrected chi connectivity index (χ4v) is 3.87. The molecule has 7 heteroatoms. The molecule has 2 saturated heterocycles. The van der Waals surface area contributed by atoms with E-state index in [4.69, 9.17) is 0 Å². The van der Waals surface area contributed by atoms with Gasteiger partial charge in [-0.15, -0.1) is 0 Å². The van der Waals surface area contributed by atoms with E-state index in [2.05, 4.69) is 15.6 Å². The molecule has 0 atom stereocenters. The van der Waals surface area contributed by atoms with Crippen LogP contribution in [-0.4, -0.2) is 52.9 Å². The van der Waals surface area contributed by atoms with Crippen molar-refractivity contribution in [2.75, 3.05) is 19.6 Å². The Morgan fingerprint density at radius 2 is 1.61 bits per heavy atom. The summed E-state index contributed by atoms with van der Waals surface area (Å²) < 4.78 is 0. The van der Waals surface area contributed by atoms with Crippen LogP contribution in [0.2, 0.25) is 0 Å². The van der Waals surface area contributed by atoms with Crippen LogP contribution in [0, 0.1) is 0 Å². The molecule has 3 rings (SSSR count). The minimum atomic E-state index is -0.786. The lowest BCUT2D eigenvalue weighted by molar-refractivity contribution is -0.140. The van der Waals surface area contributed by atoms with Crippen LogP contribution in [0.1, 0.15) is 57.8 Å². The number of hydrogen-bond acceptors (Lipinski definition) is 4. The maximum atomic E-state index is 12.6. The smallest absolute Gasteiger partial charge is 0.322 e. The SMILES string of the molecule is O=C(CN1CCCCCC1)NN1C(=O)NC2(CCCCC2)C1=O. The summed E-state index contributed by atoms with van der Waals surface area (Å²) in [5.41, 5.74) is 1.72. The Labute approximate surface area is 136 Å². The third-order valence-corrected chi connectivity index (χ3v) is 5.17. The summed E-state index contributed by atoms with van der Waals surface area (Å²) in [4.78, 5) is 39.0. The monoisotopic (exact) mass is 322 g/mol. The minimum absolute atomic E-state index is 0.240. The van der Waals surface area contributed by atoms with Gasteiger partial charge in [-0.25, -0.2) is 4.79 Å². The van der Waals surface area contributed by atoms with Crippen molar-refractivity contribution >= 4 is 17.8 Å². The minimum Gasteiger partial charge on any atom is -0.322 e. The van der Waals surface area contributed by atoms with Gasteiger partial charge in [-0.05, 0) is 38.8 Å². The normalized spacial score (nSPS) is 25.3. The molecule has 3 aliphatic rings. The number of hydrogen-bond donors (Lipinski definition) is 2. The molecule has 0 aromatic rings. The van der Waals surface area contributed by atoms with Crippen molar-refractivity contribution in [3.05, 3.63) is 0 Å². The second-order valence-corrected chi connectivity index (χ2v) is 6.94. The van der Waals surface area contributed by atoms with Crippen molar-refractivity contribution < 1.29 is 14.4 Å². The number of likely N-dealkylation sites (tertiary alicyclic amines) is 1. The summed E-state index contributed by atoms with van der Waals surface area (Å²) in [5.74, 6) is -0.588. The first-order valence-corrected chi connectivity index (χ1v) is 8.79. The number of urea groups is 1. The van der Waals surface area contributed by atoms with Crippen LogP contribution in [0.15, 0.2) is 0 Å². The van der Waals surface area contributed by atoms with Crippen LogP contribution >= 0.6 is 0 Å². The van der Waals surface area contributed by atoms with Gasteiger partial charge in [0.15, 0.2) is 0 Å². The molecular formula is C16H26N4O3. The maximum absolute atomic E-state index is 12.6. The Kier molecular flexibility index (Phi) is 4.84. The first-order chi connectivity index (χ1) is 11.1. The Morgan fingerprint density at radius 3 is 2.26 bits per heavy atom. The van der Waals surface area contributed by atoms with Crippen molar-refractivity contribution in [1.29, 1.82) is 0 Å². The fourth-order valence-electron chi connectivity index (χ4n) is 3.87. The van der Waals surface area contributed by atoms with Crippen LogP contribution in [0.3, 0.4) is 0 Å². The van der Waals surface area contributed by atoms with E-state index in [1.54, 1.807) is 0 Å². The summed E-state index contributed by atoms with van der Waals surface area (Å²) in [6.45, 7) is 2.04. The van der Waals surface area contributed by atoms with Crippen molar-refractivity contribution in [2.45, 2.75) is 63.3 Å². The summed E-state index contributed by atoms with van der Waals surface area (Å²) in [6.07, 6.45) is 8.88. The molecule has 23 heavy (non-hydrogen) atoms. The molecule has 3 fully saturated rings. The number of hydrazine groups is 1. The molecule has 7 nitrogen and oxygen atoms in total. The molecular weight excluding hydrogens is 296 g/mol. The standard InChI is InChI=1S/C16H26N4O3/c21-13(12-19-10-6-1-2-7-11-19)18-20-14(22)16(17-15(20)23)8-4-3-5-9-16/h1-12H2,(H,17,23)(H,18,21). The second-order valence-electron chi connectivity index (χ2n) is 6.94. The van der Waals surface area contributed by atoms with E-state index in [-0.39, 0.29) is 18.4 Å². The zero-order chi connectivity index (χ0) is 16.3. The summed E-state index contributed by atoms with van der Waals surface area (Å²) in [6, 6.07) is -0.499. The van der Waals surface area contributed by atoms with Gasteiger partial charge in [0, 0.05) is 0 Å². The Balaban J connectivity index is 1.57. The molecule has 2 aliphatic heterocycles. The number of nitrogens with one attached hydrogen (secondary N) is 2. The lowest BCUT2D eigenvalue weighted by Gasteiger charge is -2.30. The van der Waals surface area contributed by atoms with E-state index in [1.165, 1.54) is 12.8 Å². The molecule has 1 aliphatic carbocycles. The summed E-state index contributed by atoms with van der Waals surface area (Å²) in [7, 11) is 0. The molecule has 2 heterocycles. The molecule has 0 aromatic heterocycles. The molecule has 128 valence electrons.